The molecule has 20 heavy (non-hydrogen) atoms. The molecule has 0 aromatic carbocycles. The van der Waals surface area contributed by atoms with Crippen LogP contribution in [-0.4, -0.2) is 29.1 Å². The molecule has 0 aliphatic rings. The number of rotatable bonds is 7. The molecular formula is C12H17N3O5. The Labute approximate surface area is 115 Å². The molecule has 1 aromatic heterocycles. The molecule has 0 aliphatic carbocycles. The fraction of sp³-hybridized carbons (Fsp3) is 0.417. The maximum atomic E-state index is 11.5. The van der Waals surface area contributed by atoms with E-state index in [1.165, 1.54) is 0 Å². The molecule has 1 atom stereocenters. The van der Waals surface area contributed by atoms with Crippen LogP contribution in [0.3, 0.4) is 0 Å². The van der Waals surface area contributed by atoms with Gasteiger partial charge in [-0.05, 0) is 25.5 Å². The number of aryl methyl sites for hydroxylation is 1. The molecule has 8 nitrogen and oxygen atoms in total. The van der Waals surface area contributed by atoms with Gasteiger partial charge in [-0.3, -0.25) is 4.79 Å². The minimum Gasteiger partial charge on any atom is -0.480 e. The maximum absolute atomic E-state index is 11.5. The van der Waals surface area contributed by atoms with Crippen molar-refractivity contribution < 1.29 is 23.9 Å². The summed E-state index contributed by atoms with van der Waals surface area (Å²) in [6, 6.07) is 1.64. The monoisotopic (exact) mass is 283 g/mol. The van der Waals surface area contributed by atoms with Gasteiger partial charge in [0.1, 0.15) is 17.6 Å². The highest BCUT2D eigenvalue weighted by molar-refractivity contribution is 5.83. The van der Waals surface area contributed by atoms with Crippen molar-refractivity contribution in [1.82, 2.24) is 10.6 Å². The number of primary amides is 1. The third-order valence-electron chi connectivity index (χ3n) is 2.50. The Morgan fingerprint density at radius 1 is 1.40 bits per heavy atom. The fourth-order valence-electron chi connectivity index (χ4n) is 1.50. The Bertz CT molecular complexity index is 497. The second-order valence-corrected chi connectivity index (χ2v) is 4.24. The number of amides is 3. The Balaban J connectivity index is 2.41. The van der Waals surface area contributed by atoms with Crippen molar-refractivity contribution in [2.24, 2.45) is 5.73 Å². The maximum Gasteiger partial charge on any atom is 0.326 e. The van der Waals surface area contributed by atoms with E-state index in [2.05, 4.69) is 10.6 Å². The topological polar surface area (TPSA) is 135 Å². The van der Waals surface area contributed by atoms with Crippen molar-refractivity contribution in [3.05, 3.63) is 23.7 Å². The van der Waals surface area contributed by atoms with Crippen molar-refractivity contribution in [2.75, 3.05) is 0 Å². The normalized spacial score (nSPS) is 11.7. The van der Waals surface area contributed by atoms with Crippen molar-refractivity contribution in [2.45, 2.75) is 32.4 Å². The predicted molar refractivity (Wildman–Crippen MR) is 68.7 cm³/mol. The largest absolute Gasteiger partial charge is 0.480 e. The van der Waals surface area contributed by atoms with E-state index in [1.807, 2.05) is 0 Å². The average molecular weight is 283 g/mol. The summed E-state index contributed by atoms with van der Waals surface area (Å²) in [7, 11) is 0. The molecule has 3 amide bonds. The van der Waals surface area contributed by atoms with Gasteiger partial charge in [-0.25, -0.2) is 9.59 Å². The number of nitrogens with two attached hydrogens (primary N) is 1. The van der Waals surface area contributed by atoms with Crippen LogP contribution in [-0.2, 0) is 16.1 Å². The smallest absolute Gasteiger partial charge is 0.326 e. The lowest BCUT2D eigenvalue weighted by molar-refractivity contribution is -0.139. The minimum atomic E-state index is -1.23. The highest BCUT2D eigenvalue weighted by Crippen LogP contribution is 2.05. The van der Waals surface area contributed by atoms with Gasteiger partial charge in [0.25, 0.3) is 0 Å². The van der Waals surface area contributed by atoms with E-state index in [0.717, 1.165) is 0 Å². The Morgan fingerprint density at radius 2 is 2.10 bits per heavy atom. The zero-order valence-electron chi connectivity index (χ0n) is 11.0. The van der Waals surface area contributed by atoms with Gasteiger partial charge in [0.05, 0.1) is 6.54 Å². The van der Waals surface area contributed by atoms with Gasteiger partial charge in [0.15, 0.2) is 0 Å². The number of hydrogen-bond acceptors (Lipinski definition) is 4. The van der Waals surface area contributed by atoms with Crippen molar-refractivity contribution >= 4 is 17.9 Å². The van der Waals surface area contributed by atoms with Crippen molar-refractivity contribution in [1.29, 1.82) is 0 Å². The van der Waals surface area contributed by atoms with E-state index in [0.29, 0.717) is 11.5 Å². The molecule has 1 heterocycles. The van der Waals surface area contributed by atoms with E-state index >= 15 is 0 Å². The molecule has 110 valence electrons. The zero-order chi connectivity index (χ0) is 15.1. The lowest BCUT2D eigenvalue weighted by Gasteiger charge is -2.14. The Hall–Kier alpha value is -2.51. The number of carbonyl (C=O) groups is 3. The van der Waals surface area contributed by atoms with E-state index in [4.69, 9.17) is 15.3 Å². The number of urea groups is 1. The van der Waals surface area contributed by atoms with Gasteiger partial charge in [0, 0.05) is 6.42 Å². The van der Waals surface area contributed by atoms with Crippen LogP contribution in [0.1, 0.15) is 24.4 Å². The summed E-state index contributed by atoms with van der Waals surface area (Å²) >= 11 is 0. The molecule has 0 bridgehead atoms. The summed E-state index contributed by atoms with van der Waals surface area (Å²) in [6.45, 7) is 1.91. The highest BCUT2D eigenvalue weighted by Gasteiger charge is 2.20. The first-order valence-electron chi connectivity index (χ1n) is 5.99. The Morgan fingerprint density at radius 3 is 2.60 bits per heavy atom. The number of furan rings is 1. The molecule has 0 fully saturated rings. The van der Waals surface area contributed by atoms with Crippen molar-refractivity contribution in [3.63, 3.8) is 0 Å². The van der Waals surface area contributed by atoms with Crippen LogP contribution in [0.5, 0.6) is 0 Å². The van der Waals surface area contributed by atoms with Gasteiger partial charge >= 0.3 is 12.0 Å². The molecular weight excluding hydrogens is 266 g/mol. The fourth-order valence-corrected chi connectivity index (χ4v) is 1.50. The molecule has 1 unspecified atom stereocenters. The molecule has 1 aromatic rings. The summed E-state index contributed by atoms with van der Waals surface area (Å²) in [4.78, 5) is 33.1. The zero-order valence-corrected chi connectivity index (χ0v) is 11.0. The first-order chi connectivity index (χ1) is 9.38. The number of carboxylic acid groups (broad SMARTS) is 1. The lowest BCUT2D eigenvalue weighted by atomic mass is 10.1. The second-order valence-electron chi connectivity index (χ2n) is 4.24. The van der Waals surface area contributed by atoms with Gasteiger partial charge < -0.3 is 25.9 Å². The highest BCUT2D eigenvalue weighted by atomic mass is 16.4. The lowest BCUT2D eigenvalue weighted by Crippen LogP contribution is -2.46. The summed E-state index contributed by atoms with van der Waals surface area (Å²) < 4.78 is 5.25. The van der Waals surface area contributed by atoms with Crippen LogP contribution in [0.2, 0.25) is 0 Å². The van der Waals surface area contributed by atoms with Gasteiger partial charge in [0.2, 0.25) is 5.91 Å². The van der Waals surface area contributed by atoms with E-state index < -0.39 is 23.9 Å². The van der Waals surface area contributed by atoms with E-state index in [-0.39, 0.29) is 19.4 Å². The molecule has 8 heteroatoms. The number of carbonyl (C=O) groups excluding carboxylic acids is 2. The SMILES string of the molecule is Cc1ccc(CNC(=O)NC(CCC(N)=O)C(=O)O)o1. The van der Waals surface area contributed by atoms with Crippen LogP contribution >= 0.6 is 0 Å². The minimum absolute atomic E-state index is 0.0576. The van der Waals surface area contributed by atoms with Crippen LogP contribution in [0.25, 0.3) is 0 Å². The molecule has 0 saturated carbocycles. The standard InChI is InChI=1S/C12H17N3O5/c1-7-2-3-8(20-7)6-14-12(19)15-9(11(17)18)4-5-10(13)16/h2-3,9H,4-6H2,1H3,(H2,13,16)(H,17,18)(H2,14,15,19). The number of hydrogen-bond donors (Lipinski definition) is 4. The number of aliphatic carboxylic acids is 1. The van der Waals surface area contributed by atoms with Gasteiger partial charge in [-0.2, -0.15) is 0 Å². The summed E-state index contributed by atoms with van der Waals surface area (Å²) in [5.41, 5.74) is 4.94. The van der Waals surface area contributed by atoms with Crippen LogP contribution in [0.4, 0.5) is 4.79 Å². The molecule has 0 spiro atoms. The molecule has 1 rings (SSSR count). The molecule has 0 saturated heterocycles. The Kier molecular flexibility index (Phi) is 5.57. The third-order valence-corrected chi connectivity index (χ3v) is 2.50. The van der Waals surface area contributed by atoms with E-state index in [1.54, 1.807) is 19.1 Å². The summed E-state index contributed by atoms with van der Waals surface area (Å²) in [5.74, 6) is -0.575. The first kappa shape index (κ1) is 15.5. The first-order valence-corrected chi connectivity index (χ1v) is 5.99. The molecule has 0 radical (unpaired) electrons. The summed E-state index contributed by atoms with van der Waals surface area (Å²) in [5, 5.41) is 13.6. The second kappa shape index (κ2) is 7.17. The number of carboxylic acids is 1. The van der Waals surface area contributed by atoms with Gasteiger partial charge in [-0.1, -0.05) is 0 Å². The quantitative estimate of drug-likeness (QED) is 0.563. The molecule has 5 N–H and O–H groups in total. The van der Waals surface area contributed by atoms with Crippen LogP contribution in [0, 0.1) is 6.92 Å². The van der Waals surface area contributed by atoms with Crippen molar-refractivity contribution in [3.8, 4) is 0 Å². The van der Waals surface area contributed by atoms with E-state index in [9.17, 15) is 14.4 Å². The average Bonchev–Trinajstić information content (AvgIpc) is 2.77. The van der Waals surface area contributed by atoms with Crippen LogP contribution in [0.15, 0.2) is 16.5 Å². The number of nitrogens with one attached hydrogen (secondary N) is 2. The third kappa shape index (κ3) is 5.42. The predicted octanol–water partition coefficient (Wildman–Crippen LogP) is 0.106. The van der Waals surface area contributed by atoms with Crippen LogP contribution < -0.4 is 16.4 Å². The molecule has 0 aliphatic heterocycles. The summed E-state index contributed by atoms with van der Waals surface area (Å²) in [6.07, 6.45) is -0.174. The van der Waals surface area contributed by atoms with Gasteiger partial charge in [-0.15, -0.1) is 0 Å².